The number of methoxy groups -OCH3 is 1. The number of hydrogen-bond donors (Lipinski definition) is 2. The van der Waals surface area contributed by atoms with E-state index in [0.717, 1.165) is 49.0 Å². The fraction of sp³-hybridized carbons (Fsp3) is 0.345. The van der Waals surface area contributed by atoms with Crippen LogP contribution in [0.15, 0.2) is 65.8 Å². The molecule has 0 spiro atoms. The van der Waals surface area contributed by atoms with Gasteiger partial charge in [0.2, 0.25) is 11.8 Å². The Labute approximate surface area is 207 Å². The lowest BCUT2D eigenvalue weighted by atomic mass is 9.86. The number of benzene rings is 2. The van der Waals surface area contributed by atoms with Gasteiger partial charge in [-0.2, -0.15) is 0 Å². The van der Waals surface area contributed by atoms with Crippen molar-refractivity contribution < 1.29 is 19.1 Å². The monoisotopic (exact) mass is 474 g/mol. The molecular formula is C29H34N2O4. The van der Waals surface area contributed by atoms with Gasteiger partial charge in [0.05, 0.1) is 7.11 Å². The number of allylic oxidation sites excluding steroid dienone is 1. The minimum atomic E-state index is -0.0309. The van der Waals surface area contributed by atoms with Crippen LogP contribution in [0.1, 0.15) is 53.6 Å². The maximum absolute atomic E-state index is 12.3. The molecule has 0 aromatic heterocycles. The number of hydrogen-bond acceptors (Lipinski definition) is 4. The second kappa shape index (κ2) is 12.7. The van der Waals surface area contributed by atoms with Gasteiger partial charge >= 0.3 is 0 Å². The fourth-order valence-corrected chi connectivity index (χ4v) is 4.42. The summed E-state index contributed by atoms with van der Waals surface area (Å²) in [5.41, 5.74) is 4.89. The minimum Gasteiger partial charge on any atom is -0.497 e. The van der Waals surface area contributed by atoms with E-state index in [1.165, 1.54) is 11.1 Å². The molecule has 2 aromatic carbocycles. The summed E-state index contributed by atoms with van der Waals surface area (Å²) in [6, 6.07) is 15.4. The van der Waals surface area contributed by atoms with Crippen molar-refractivity contribution in [1.29, 1.82) is 0 Å². The first-order chi connectivity index (χ1) is 16.9. The van der Waals surface area contributed by atoms with E-state index >= 15 is 0 Å². The van der Waals surface area contributed by atoms with Crippen LogP contribution in [0.3, 0.4) is 0 Å². The minimum absolute atomic E-state index is 0.0309. The van der Waals surface area contributed by atoms with Gasteiger partial charge in [0.25, 0.3) is 0 Å². The number of likely N-dealkylation sites (N-methyl/N-ethyl adjacent to an activating group) is 2. The lowest BCUT2D eigenvalue weighted by Crippen LogP contribution is -2.23. The number of amides is 2. The van der Waals surface area contributed by atoms with Crippen molar-refractivity contribution >= 4 is 23.7 Å². The number of ether oxygens (including phenoxy) is 1. The Morgan fingerprint density at radius 1 is 0.886 bits per heavy atom. The number of ketones is 1. The zero-order valence-corrected chi connectivity index (χ0v) is 20.7. The van der Waals surface area contributed by atoms with E-state index in [-0.39, 0.29) is 23.5 Å². The predicted molar refractivity (Wildman–Crippen MR) is 138 cm³/mol. The van der Waals surface area contributed by atoms with Gasteiger partial charge in [0, 0.05) is 37.2 Å². The second-order valence-electron chi connectivity index (χ2n) is 8.73. The molecule has 6 nitrogen and oxygen atoms in total. The average molecular weight is 475 g/mol. The van der Waals surface area contributed by atoms with Crippen LogP contribution in [0.4, 0.5) is 0 Å². The van der Waals surface area contributed by atoms with Gasteiger partial charge in [-0.3, -0.25) is 14.4 Å². The molecule has 0 bridgehead atoms. The molecule has 0 saturated carbocycles. The summed E-state index contributed by atoms with van der Waals surface area (Å²) in [7, 11) is 4.91. The van der Waals surface area contributed by atoms with Gasteiger partial charge in [-0.25, -0.2) is 0 Å². The Morgan fingerprint density at radius 2 is 1.57 bits per heavy atom. The van der Waals surface area contributed by atoms with Gasteiger partial charge in [0.15, 0.2) is 5.78 Å². The van der Waals surface area contributed by atoms with Gasteiger partial charge < -0.3 is 15.4 Å². The van der Waals surface area contributed by atoms with E-state index < -0.39 is 0 Å². The van der Waals surface area contributed by atoms with Crippen molar-refractivity contribution in [2.45, 2.75) is 38.5 Å². The third-order valence-corrected chi connectivity index (χ3v) is 6.40. The highest BCUT2D eigenvalue weighted by atomic mass is 16.5. The van der Waals surface area contributed by atoms with Crippen LogP contribution in [0.5, 0.6) is 5.75 Å². The van der Waals surface area contributed by atoms with Crippen LogP contribution in [0.2, 0.25) is 0 Å². The van der Waals surface area contributed by atoms with Crippen LogP contribution >= 0.6 is 0 Å². The molecule has 2 aromatic rings. The first kappa shape index (κ1) is 25.9. The molecule has 1 unspecified atom stereocenters. The molecule has 2 N–H and O–H groups in total. The fourth-order valence-electron chi connectivity index (χ4n) is 4.42. The molecule has 2 amide bonds. The second-order valence-corrected chi connectivity index (χ2v) is 8.73. The van der Waals surface area contributed by atoms with Gasteiger partial charge in [0.1, 0.15) is 5.75 Å². The quantitative estimate of drug-likeness (QED) is 0.604. The molecule has 0 heterocycles. The Kier molecular flexibility index (Phi) is 9.41. The van der Waals surface area contributed by atoms with Crippen LogP contribution in [-0.4, -0.2) is 38.8 Å². The summed E-state index contributed by atoms with van der Waals surface area (Å²) >= 11 is 0. The molecule has 0 radical (unpaired) electrons. The Bertz CT molecular complexity index is 1120. The van der Waals surface area contributed by atoms with Crippen molar-refractivity contribution in [2.24, 2.45) is 5.92 Å². The Balaban J connectivity index is 0.000000211. The number of carbonyl (C=O) groups excluding carboxylic acids is 3. The van der Waals surface area contributed by atoms with Crippen LogP contribution < -0.4 is 15.4 Å². The van der Waals surface area contributed by atoms with E-state index in [2.05, 4.69) is 22.8 Å². The SMILES string of the molecule is CNC(=O)C1=CC(CC(=O)c2ccc(OC)cc2)CCC1.CNC(=O)C1=Cc2ccccc2CC1. The molecule has 4 rings (SSSR count). The molecule has 2 aliphatic rings. The van der Waals surface area contributed by atoms with E-state index in [9.17, 15) is 14.4 Å². The number of nitrogens with one attached hydrogen (secondary N) is 2. The molecule has 1 atom stereocenters. The van der Waals surface area contributed by atoms with Crippen molar-refractivity contribution in [1.82, 2.24) is 10.6 Å². The summed E-state index contributed by atoms with van der Waals surface area (Å²) in [6.45, 7) is 0. The third-order valence-electron chi connectivity index (χ3n) is 6.40. The van der Waals surface area contributed by atoms with Crippen molar-refractivity contribution in [3.05, 3.63) is 82.4 Å². The smallest absolute Gasteiger partial charge is 0.246 e. The summed E-state index contributed by atoms with van der Waals surface area (Å²) in [4.78, 5) is 35.3. The number of carbonyl (C=O) groups is 3. The zero-order valence-electron chi connectivity index (χ0n) is 20.7. The van der Waals surface area contributed by atoms with E-state index in [0.29, 0.717) is 12.0 Å². The third kappa shape index (κ3) is 7.15. The average Bonchev–Trinajstić information content (AvgIpc) is 2.92. The first-order valence-electron chi connectivity index (χ1n) is 12.1. The summed E-state index contributed by atoms with van der Waals surface area (Å²) in [5.74, 6) is 1.01. The first-order valence-corrected chi connectivity index (χ1v) is 12.1. The molecule has 35 heavy (non-hydrogen) atoms. The zero-order chi connectivity index (χ0) is 25.2. The molecule has 0 fully saturated rings. The largest absolute Gasteiger partial charge is 0.497 e. The number of rotatable bonds is 6. The van der Waals surface area contributed by atoms with Crippen LogP contribution in [0.25, 0.3) is 6.08 Å². The topological polar surface area (TPSA) is 84.5 Å². The lowest BCUT2D eigenvalue weighted by Gasteiger charge is -2.19. The van der Waals surface area contributed by atoms with E-state index in [4.69, 9.17) is 4.74 Å². The van der Waals surface area contributed by atoms with E-state index in [1.54, 1.807) is 45.5 Å². The Morgan fingerprint density at radius 3 is 2.26 bits per heavy atom. The highest BCUT2D eigenvalue weighted by Gasteiger charge is 2.20. The summed E-state index contributed by atoms with van der Waals surface area (Å²) < 4.78 is 5.09. The molecule has 6 heteroatoms. The maximum Gasteiger partial charge on any atom is 0.246 e. The Hall–Kier alpha value is -3.67. The van der Waals surface area contributed by atoms with Crippen LogP contribution in [0, 0.1) is 5.92 Å². The predicted octanol–water partition coefficient (Wildman–Crippen LogP) is 4.50. The number of aryl methyl sites for hydroxylation is 1. The molecule has 184 valence electrons. The number of fused-ring (bicyclic) bond motifs is 1. The molecule has 0 aliphatic heterocycles. The lowest BCUT2D eigenvalue weighted by molar-refractivity contribution is -0.118. The summed E-state index contributed by atoms with van der Waals surface area (Å²) in [6.07, 6.45) is 8.93. The van der Waals surface area contributed by atoms with Crippen LogP contribution in [-0.2, 0) is 16.0 Å². The summed E-state index contributed by atoms with van der Waals surface area (Å²) in [5, 5.41) is 5.31. The molecule has 0 saturated heterocycles. The molecular weight excluding hydrogens is 440 g/mol. The van der Waals surface area contributed by atoms with Gasteiger partial charge in [-0.05, 0) is 79.5 Å². The van der Waals surface area contributed by atoms with Gasteiger partial charge in [-0.1, -0.05) is 30.3 Å². The van der Waals surface area contributed by atoms with Crippen molar-refractivity contribution in [3.63, 3.8) is 0 Å². The highest BCUT2D eigenvalue weighted by Crippen LogP contribution is 2.27. The molecule has 2 aliphatic carbocycles. The van der Waals surface area contributed by atoms with Crippen molar-refractivity contribution in [2.75, 3.05) is 21.2 Å². The highest BCUT2D eigenvalue weighted by molar-refractivity contribution is 5.98. The standard InChI is InChI=1S/C17H21NO3.C12H13NO/c1-18-17(20)14-5-3-4-12(10-14)11-16(19)13-6-8-15(21-2)9-7-13;1-13-12(14)11-7-6-9-4-2-3-5-10(9)8-11/h6-10,12H,3-5,11H2,1-2H3,(H,18,20);2-5,8H,6-7H2,1H3,(H,13,14). The maximum atomic E-state index is 12.3. The van der Waals surface area contributed by atoms with E-state index in [1.807, 2.05) is 24.3 Å². The normalized spacial score (nSPS) is 16.4. The van der Waals surface area contributed by atoms with Gasteiger partial charge in [-0.15, -0.1) is 0 Å². The van der Waals surface area contributed by atoms with Crippen molar-refractivity contribution in [3.8, 4) is 5.75 Å². The number of Topliss-reactive ketones (excluding diaryl/α,β-unsaturated/α-hetero) is 1.